The number of amides is 3. The molecule has 23 heavy (non-hydrogen) atoms. The summed E-state index contributed by atoms with van der Waals surface area (Å²) in [6.07, 6.45) is 1.54. The molecule has 0 saturated heterocycles. The molecule has 0 atom stereocenters. The van der Waals surface area contributed by atoms with E-state index < -0.39 is 5.91 Å². The SMILES string of the molecule is CC(C)NC(=O)CNC(=O)CNC(=O)c1cc2occc2n1C. The first kappa shape index (κ1) is 16.6. The van der Waals surface area contributed by atoms with Crippen LogP contribution in [0.2, 0.25) is 0 Å². The number of nitrogens with one attached hydrogen (secondary N) is 3. The molecule has 0 aromatic carbocycles. The molecule has 2 aromatic heterocycles. The van der Waals surface area contributed by atoms with Crippen molar-refractivity contribution in [2.45, 2.75) is 19.9 Å². The van der Waals surface area contributed by atoms with Gasteiger partial charge in [0.2, 0.25) is 11.8 Å². The molecule has 0 unspecified atom stereocenters. The van der Waals surface area contributed by atoms with Crippen LogP contribution in [-0.4, -0.2) is 41.4 Å². The molecule has 124 valence electrons. The van der Waals surface area contributed by atoms with Crippen LogP contribution < -0.4 is 16.0 Å². The van der Waals surface area contributed by atoms with E-state index in [-0.39, 0.29) is 30.9 Å². The quantitative estimate of drug-likeness (QED) is 0.704. The molecule has 2 rings (SSSR count). The lowest BCUT2D eigenvalue weighted by atomic mass is 10.3. The van der Waals surface area contributed by atoms with Crippen LogP contribution in [0.3, 0.4) is 0 Å². The Morgan fingerprint density at radius 3 is 2.52 bits per heavy atom. The van der Waals surface area contributed by atoms with Gasteiger partial charge in [-0.2, -0.15) is 0 Å². The zero-order chi connectivity index (χ0) is 17.0. The van der Waals surface area contributed by atoms with E-state index in [2.05, 4.69) is 16.0 Å². The first-order valence-corrected chi connectivity index (χ1v) is 7.25. The van der Waals surface area contributed by atoms with Crippen molar-refractivity contribution < 1.29 is 18.8 Å². The second-order valence-electron chi connectivity index (χ2n) is 5.44. The van der Waals surface area contributed by atoms with Gasteiger partial charge >= 0.3 is 0 Å². The third-order valence-electron chi connectivity index (χ3n) is 3.20. The average molecular weight is 320 g/mol. The predicted molar refractivity (Wildman–Crippen MR) is 83.8 cm³/mol. The number of aromatic nitrogens is 1. The highest BCUT2D eigenvalue weighted by molar-refractivity contribution is 5.99. The molecule has 0 bridgehead atoms. The number of furan rings is 1. The van der Waals surface area contributed by atoms with Crippen molar-refractivity contribution in [3.05, 3.63) is 24.1 Å². The molecule has 0 radical (unpaired) electrons. The van der Waals surface area contributed by atoms with Crippen LogP contribution in [0.25, 0.3) is 11.1 Å². The summed E-state index contributed by atoms with van der Waals surface area (Å²) < 4.78 is 6.91. The van der Waals surface area contributed by atoms with Gasteiger partial charge in [-0.3, -0.25) is 14.4 Å². The standard InChI is InChI=1S/C15H20N4O4/c1-9(2)18-14(21)8-16-13(20)7-17-15(22)11-6-12-10(19(11)3)4-5-23-12/h4-6,9H,7-8H2,1-3H3,(H,16,20)(H,17,22)(H,18,21). The predicted octanol–water partition coefficient (Wildman–Crippen LogP) is 0.142. The zero-order valence-electron chi connectivity index (χ0n) is 13.3. The minimum Gasteiger partial charge on any atom is -0.463 e. The molecule has 0 aliphatic heterocycles. The van der Waals surface area contributed by atoms with Crippen LogP contribution in [0.4, 0.5) is 0 Å². The lowest BCUT2D eigenvalue weighted by molar-refractivity contribution is -0.125. The minimum atomic E-state index is -0.435. The van der Waals surface area contributed by atoms with Crippen molar-refractivity contribution in [1.29, 1.82) is 0 Å². The summed E-state index contributed by atoms with van der Waals surface area (Å²) in [5, 5.41) is 7.60. The molecule has 3 amide bonds. The Morgan fingerprint density at radius 2 is 1.87 bits per heavy atom. The smallest absolute Gasteiger partial charge is 0.268 e. The maximum Gasteiger partial charge on any atom is 0.268 e. The van der Waals surface area contributed by atoms with Gasteiger partial charge in [0.25, 0.3) is 5.91 Å². The number of hydrogen-bond donors (Lipinski definition) is 3. The molecule has 0 aliphatic carbocycles. The van der Waals surface area contributed by atoms with Crippen LogP contribution in [-0.2, 0) is 16.6 Å². The fourth-order valence-electron chi connectivity index (χ4n) is 2.13. The Morgan fingerprint density at radius 1 is 1.17 bits per heavy atom. The van der Waals surface area contributed by atoms with E-state index in [0.29, 0.717) is 11.3 Å². The third kappa shape index (κ3) is 4.12. The monoisotopic (exact) mass is 320 g/mol. The molecule has 8 nitrogen and oxygen atoms in total. The van der Waals surface area contributed by atoms with Crippen molar-refractivity contribution in [2.24, 2.45) is 7.05 Å². The molecule has 8 heteroatoms. The van der Waals surface area contributed by atoms with Crippen molar-refractivity contribution in [1.82, 2.24) is 20.5 Å². The summed E-state index contributed by atoms with van der Waals surface area (Å²) in [5.41, 5.74) is 1.79. The molecular weight excluding hydrogens is 300 g/mol. The zero-order valence-corrected chi connectivity index (χ0v) is 13.3. The first-order chi connectivity index (χ1) is 10.9. The van der Waals surface area contributed by atoms with E-state index in [1.165, 1.54) is 0 Å². The summed E-state index contributed by atoms with van der Waals surface area (Å²) in [6.45, 7) is 3.33. The number of carbonyl (C=O) groups excluding carboxylic acids is 3. The van der Waals surface area contributed by atoms with Crippen LogP contribution in [0.15, 0.2) is 22.8 Å². The van der Waals surface area contributed by atoms with E-state index in [9.17, 15) is 14.4 Å². The van der Waals surface area contributed by atoms with E-state index in [1.807, 2.05) is 13.8 Å². The Labute approximate surface area is 133 Å². The van der Waals surface area contributed by atoms with Gasteiger partial charge in [0.05, 0.1) is 24.9 Å². The highest BCUT2D eigenvalue weighted by atomic mass is 16.3. The van der Waals surface area contributed by atoms with Gasteiger partial charge in [-0.1, -0.05) is 0 Å². The number of hydrogen-bond acceptors (Lipinski definition) is 4. The maximum atomic E-state index is 12.1. The van der Waals surface area contributed by atoms with Gasteiger partial charge in [0.1, 0.15) is 5.69 Å². The molecule has 0 aliphatic rings. The Kier molecular flexibility index (Phi) is 5.05. The average Bonchev–Trinajstić information content (AvgIpc) is 3.05. The summed E-state index contributed by atoms with van der Waals surface area (Å²) in [5.74, 6) is -1.10. The summed E-state index contributed by atoms with van der Waals surface area (Å²) in [6, 6.07) is 3.37. The largest absolute Gasteiger partial charge is 0.463 e. The summed E-state index contributed by atoms with van der Waals surface area (Å²) in [7, 11) is 1.74. The minimum absolute atomic E-state index is 0.00895. The lowest BCUT2D eigenvalue weighted by Crippen LogP contribution is -2.43. The molecule has 0 fully saturated rings. The second kappa shape index (κ2) is 6.99. The fraction of sp³-hybridized carbons (Fsp3) is 0.400. The summed E-state index contributed by atoms with van der Waals surface area (Å²) >= 11 is 0. The first-order valence-electron chi connectivity index (χ1n) is 7.25. The van der Waals surface area contributed by atoms with Crippen molar-refractivity contribution in [2.75, 3.05) is 13.1 Å². The maximum absolute atomic E-state index is 12.1. The summed E-state index contributed by atoms with van der Waals surface area (Å²) in [4.78, 5) is 35.1. The van der Waals surface area contributed by atoms with Crippen LogP contribution in [0.5, 0.6) is 0 Å². The highest BCUT2D eigenvalue weighted by Crippen LogP contribution is 2.19. The van der Waals surface area contributed by atoms with E-state index in [4.69, 9.17) is 4.42 Å². The van der Waals surface area contributed by atoms with Crippen molar-refractivity contribution >= 4 is 28.8 Å². The Hall–Kier alpha value is -2.77. The van der Waals surface area contributed by atoms with Crippen LogP contribution in [0.1, 0.15) is 24.3 Å². The lowest BCUT2D eigenvalue weighted by Gasteiger charge is -2.10. The molecule has 0 spiro atoms. The van der Waals surface area contributed by atoms with Crippen molar-refractivity contribution in [3.63, 3.8) is 0 Å². The molecule has 3 N–H and O–H groups in total. The van der Waals surface area contributed by atoms with Crippen molar-refractivity contribution in [3.8, 4) is 0 Å². The molecule has 2 aromatic rings. The molecule has 2 heterocycles. The fourth-order valence-corrected chi connectivity index (χ4v) is 2.13. The van der Waals surface area contributed by atoms with Gasteiger partial charge in [0, 0.05) is 25.2 Å². The number of fused-ring (bicyclic) bond motifs is 1. The Balaban J connectivity index is 1.82. The van der Waals surface area contributed by atoms with E-state index in [0.717, 1.165) is 5.52 Å². The van der Waals surface area contributed by atoms with Gasteiger partial charge in [-0.25, -0.2) is 0 Å². The van der Waals surface area contributed by atoms with Gasteiger partial charge in [-0.05, 0) is 13.8 Å². The topological polar surface area (TPSA) is 105 Å². The molecule has 0 saturated carbocycles. The molecular formula is C15H20N4O4. The number of aryl methyl sites for hydroxylation is 1. The number of nitrogens with zero attached hydrogens (tertiary/aromatic N) is 1. The number of rotatable bonds is 6. The van der Waals surface area contributed by atoms with E-state index >= 15 is 0 Å². The second-order valence-corrected chi connectivity index (χ2v) is 5.44. The van der Waals surface area contributed by atoms with Crippen LogP contribution >= 0.6 is 0 Å². The number of carbonyl (C=O) groups is 3. The Bertz CT molecular complexity index is 729. The highest BCUT2D eigenvalue weighted by Gasteiger charge is 2.16. The van der Waals surface area contributed by atoms with Gasteiger partial charge < -0.3 is 24.9 Å². The van der Waals surface area contributed by atoms with Crippen LogP contribution in [0, 0.1) is 0 Å². The van der Waals surface area contributed by atoms with E-state index in [1.54, 1.807) is 30.0 Å². The normalized spacial score (nSPS) is 10.8. The third-order valence-corrected chi connectivity index (χ3v) is 3.20. The van der Waals surface area contributed by atoms with Gasteiger partial charge in [0.15, 0.2) is 5.58 Å². The van der Waals surface area contributed by atoms with Gasteiger partial charge in [-0.15, -0.1) is 0 Å².